The number of Topliss-reactive ketones (excluding diaryl/α,β-unsaturated/α-hetero) is 1. The van der Waals surface area contributed by atoms with Crippen LogP contribution in [0.2, 0.25) is 0 Å². The molecule has 0 saturated carbocycles. The summed E-state index contributed by atoms with van der Waals surface area (Å²) in [7, 11) is 1.60. The third-order valence-electron chi connectivity index (χ3n) is 4.10. The molecular weight excluding hydrogens is 348 g/mol. The molecule has 6 heteroatoms. The molecule has 0 bridgehead atoms. The van der Waals surface area contributed by atoms with Crippen molar-refractivity contribution in [3.05, 3.63) is 58.8 Å². The van der Waals surface area contributed by atoms with Crippen molar-refractivity contribution >= 4 is 17.8 Å². The number of allylic oxidation sites excluding steroid dienone is 1. The summed E-state index contributed by atoms with van der Waals surface area (Å²) in [5.41, 5.74) is 1.95. The highest BCUT2D eigenvalue weighted by molar-refractivity contribution is 6.15. The number of rotatable bonds is 6. The maximum atomic E-state index is 12.6. The molecule has 1 heterocycles. The highest BCUT2D eigenvalue weighted by Gasteiger charge is 2.30. The number of hydrogen-bond donors (Lipinski definition) is 0. The number of benzene rings is 2. The van der Waals surface area contributed by atoms with Crippen LogP contribution >= 0.6 is 0 Å². The van der Waals surface area contributed by atoms with Crippen LogP contribution in [0, 0.1) is 6.92 Å². The molecule has 0 spiro atoms. The zero-order valence-corrected chi connectivity index (χ0v) is 15.4. The van der Waals surface area contributed by atoms with Crippen molar-refractivity contribution in [1.82, 2.24) is 0 Å². The summed E-state index contributed by atoms with van der Waals surface area (Å²) in [5.74, 6) is 1.25. The van der Waals surface area contributed by atoms with Gasteiger partial charge in [0.15, 0.2) is 12.4 Å². The Kier molecular flexibility index (Phi) is 5.45. The molecule has 1 aliphatic rings. The molecule has 0 aromatic heterocycles. The molecule has 2 aromatic carbocycles. The van der Waals surface area contributed by atoms with E-state index in [1.165, 1.54) is 0 Å². The first-order chi connectivity index (χ1) is 13.0. The van der Waals surface area contributed by atoms with E-state index in [4.69, 9.17) is 18.9 Å². The molecule has 0 atom stereocenters. The van der Waals surface area contributed by atoms with Gasteiger partial charge in [0.1, 0.15) is 17.2 Å². The Bertz CT molecular complexity index is 896. The average Bonchev–Trinajstić information content (AvgIpc) is 2.99. The van der Waals surface area contributed by atoms with E-state index in [-0.39, 0.29) is 18.1 Å². The molecule has 27 heavy (non-hydrogen) atoms. The van der Waals surface area contributed by atoms with E-state index >= 15 is 0 Å². The molecular formula is C21H20O6. The normalized spacial score (nSPS) is 13.9. The number of carbonyl (C=O) groups is 2. The van der Waals surface area contributed by atoms with Crippen LogP contribution in [-0.4, -0.2) is 32.1 Å². The van der Waals surface area contributed by atoms with E-state index in [2.05, 4.69) is 0 Å². The van der Waals surface area contributed by atoms with Gasteiger partial charge < -0.3 is 18.9 Å². The standard InChI is InChI=1S/C21H20O6/c1-4-25-19(22)12-26-17-10-9-16-20(23)18(27-21(16)13(17)2)11-14-5-7-15(24-3)8-6-14/h5-11H,4,12H2,1-3H3/b18-11-. The lowest BCUT2D eigenvalue weighted by atomic mass is 10.1. The van der Waals surface area contributed by atoms with Crippen LogP contribution < -0.4 is 14.2 Å². The number of ether oxygens (including phenoxy) is 4. The highest BCUT2D eigenvalue weighted by Crippen LogP contribution is 2.39. The van der Waals surface area contributed by atoms with Crippen molar-refractivity contribution < 1.29 is 28.5 Å². The van der Waals surface area contributed by atoms with Crippen LogP contribution in [0.25, 0.3) is 6.08 Å². The number of ketones is 1. The maximum Gasteiger partial charge on any atom is 0.344 e. The summed E-state index contributed by atoms with van der Waals surface area (Å²) in [5, 5.41) is 0. The lowest BCUT2D eigenvalue weighted by Crippen LogP contribution is -2.15. The van der Waals surface area contributed by atoms with Crippen LogP contribution in [0.5, 0.6) is 17.2 Å². The van der Waals surface area contributed by atoms with Gasteiger partial charge in [-0.05, 0) is 49.8 Å². The zero-order chi connectivity index (χ0) is 19.4. The van der Waals surface area contributed by atoms with Gasteiger partial charge in [0, 0.05) is 5.56 Å². The summed E-state index contributed by atoms with van der Waals surface area (Å²) in [4.78, 5) is 24.1. The molecule has 0 fully saturated rings. The third kappa shape index (κ3) is 3.95. The summed E-state index contributed by atoms with van der Waals surface area (Å²) in [6.07, 6.45) is 1.68. The summed E-state index contributed by atoms with van der Waals surface area (Å²) >= 11 is 0. The van der Waals surface area contributed by atoms with Crippen LogP contribution in [0.1, 0.15) is 28.4 Å². The van der Waals surface area contributed by atoms with Crippen LogP contribution in [0.15, 0.2) is 42.2 Å². The van der Waals surface area contributed by atoms with E-state index in [1.54, 1.807) is 39.2 Å². The highest BCUT2D eigenvalue weighted by atomic mass is 16.6. The topological polar surface area (TPSA) is 71.1 Å². The van der Waals surface area contributed by atoms with E-state index in [0.29, 0.717) is 29.2 Å². The predicted octanol–water partition coefficient (Wildman–Crippen LogP) is 3.56. The van der Waals surface area contributed by atoms with Crippen molar-refractivity contribution in [1.29, 1.82) is 0 Å². The lowest BCUT2D eigenvalue weighted by molar-refractivity contribution is -0.145. The molecule has 3 rings (SSSR count). The molecule has 0 radical (unpaired) electrons. The Labute approximate surface area is 157 Å². The second-order valence-corrected chi connectivity index (χ2v) is 5.87. The molecule has 1 aliphatic heterocycles. The largest absolute Gasteiger partial charge is 0.497 e. The van der Waals surface area contributed by atoms with Gasteiger partial charge in [-0.1, -0.05) is 12.1 Å². The Morgan fingerprint density at radius 3 is 2.56 bits per heavy atom. The van der Waals surface area contributed by atoms with Crippen molar-refractivity contribution in [3.8, 4) is 17.2 Å². The van der Waals surface area contributed by atoms with Gasteiger partial charge in [-0.3, -0.25) is 4.79 Å². The van der Waals surface area contributed by atoms with Gasteiger partial charge in [-0.2, -0.15) is 0 Å². The van der Waals surface area contributed by atoms with Crippen molar-refractivity contribution in [3.63, 3.8) is 0 Å². The van der Waals surface area contributed by atoms with Crippen molar-refractivity contribution in [2.45, 2.75) is 13.8 Å². The number of esters is 1. The maximum absolute atomic E-state index is 12.6. The number of hydrogen-bond acceptors (Lipinski definition) is 6. The monoisotopic (exact) mass is 368 g/mol. The van der Waals surface area contributed by atoms with E-state index in [1.807, 2.05) is 24.3 Å². The van der Waals surface area contributed by atoms with Gasteiger partial charge in [-0.25, -0.2) is 4.79 Å². The number of carbonyl (C=O) groups excluding carboxylic acids is 2. The van der Waals surface area contributed by atoms with E-state index < -0.39 is 5.97 Å². The first-order valence-electron chi connectivity index (χ1n) is 8.53. The van der Waals surface area contributed by atoms with Gasteiger partial charge in [0.2, 0.25) is 5.78 Å². The second kappa shape index (κ2) is 7.95. The van der Waals surface area contributed by atoms with Crippen LogP contribution in [0.3, 0.4) is 0 Å². The summed E-state index contributed by atoms with van der Waals surface area (Å²) in [6.45, 7) is 3.61. The fourth-order valence-electron chi connectivity index (χ4n) is 2.72. The SMILES string of the molecule is CCOC(=O)COc1ccc2c(c1C)O/C(=C\c1ccc(OC)cc1)C2=O. The fourth-order valence-corrected chi connectivity index (χ4v) is 2.72. The molecule has 0 saturated heterocycles. The van der Waals surface area contributed by atoms with E-state index in [9.17, 15) is 9.59 Å². The molecule has 0 N–H and O–H groups in total. The van der Waals surface area contributed by atoms with Gasteiger partial charge in [0.05, 0.1) is 19.3 Å². The predicted molar refractivity (Wildman–Crippen MR) is 99.2 cm³/mol. The van der Waals surface area contributed by atoms with Crippen LogP contribution in [0.4, 0.5) is 0 Å². The number of fused-ring (bicyclic) bond motifs is 1. The van der Waals surface area contributed by atoms with Crippen molar-refractivity contribution in [2.75, 3.05) is 20.3 Å². The summed E-state index contributed by atoms with van der Waals surface area (Å²) < 4.78 is 21.3. The molecule has 0 aliphatic carbocycles. The quantitative estimate of drug-likeness (QED) is 0.573. The molecule has 0 unspecified atom stereocenters. The minimum atomic E-state index is -0.450. The fraction of sp³-hybridized carbons (Fsp3) is 0.238. The van der Waals surface area contributed by atoms with Gasteiger partial charge in [0.25, 0.3) is 0 Å². The third-order valence-corrected chi connectivity index (χ3v) is 4.10. The van der Waals surface area contributed by atoms with Crippen LogP contribution in [-0.2, 0) is 9.53 Å². The summed E-state index contributed by atoms with van der Waals surface area (Å²) in [6, 6.07) is 10.6. The average molecular weight is 368 g/mol. The first-order valence-corrected chi connectivity index (χ1v) is 8.53. The molecule has 6 nitrogen and oxygen atoms in total. The molecule has 0 amide bonds. The first kappa shape index (κ1) is 18.5. The lowest BCUT2D eigenvalue weighted by Gasteiger charge is -2.10. The van der Waals surface area contributed by atoms with Gasteiger partial charge >= 0.3 is 5.97 Å². The number of methoxy groups -OCH3 is 1. The Balaban J connectivity index is 1.80. The molecule has 140 valence electrons. The minimum absolute atomic E-state index is 0.194. The second-order valence-electron chi connectivity index (χ2n) is 5.87. The zero-order valence-electron chi connectivity index (χ0n) is 15.4. The Hall–Kier alpha value is -3.28. The Morgan fingerprint density at radius 1 is 1.15 bits per heavy atom. The van der Waals surface area contributed by atoms with E-state index in [0.717, 1.165) is 11.3 Å². The van der Waals surface area contributed by atoms with Gasteiger partial charge in [-0.15, -0.1) is 0 Å². The minimum Gasteiger partial charge on any atom is -0.497 e. The smallest absolute Gasteiger partial charge is 0.344 e. The van der Waals surface area contributed by atoms with Crippen molar-refractivity contribution in [2.24, 2.45) is 0 Å². The Morgan fingerprint density at radius 2 is 1.89 bits per heavy atom. The molecule has 2 aromatic rings.